The van der Waals surface area contributed by atoms with Crippen molar-refractivity contribution in [2.24, 2.45) is 0 Å². The van der Waals surface area contributed by atoms with Gasteiger partial charge in [0.15, 0.2) is 0 Å². The molecule has 3 aromatic carbocycles. The molecule has 0 amide bonds. The molecule has 33 heavy (non-hydrogen) atoms. The minimum Gasteiger partial charge on any atom is -0.457 e. The fourth-order valence-electron chi connectivity index (χ4n) is 3.00. The zero-order chi connectivity index (χ0) is 24.1. The Morgan fingerprint density at radius 1 is 0.636 bits per heavy atom. The largest absolute Gasteiger partial charge is 0.457 e. The maximum atomic E-state index is 10.5. The van der Waals surface area contributed by atoms with Gasteiger partial charge in [-0.15, -0.1) is 19.7 Å². The monoisotopic (exact) mass is 464 g/mol. The van der Waals surface area contributed by atoms with Gasteiger partial charge in [0.2, 0.25) is 0 Å². The molecule has 0 atom stereocenters. The summed E-state index contributed by atoms with van der Waals surface area (Å²) < 4.78 is 39.8. The first-order valence-electron chi connectivity index (χ1n) is 10.3. The van der Waals surface area contributed by atoms with Gasteiger partial charge in [0, 0.05) is 0 Å². The number of hydrogen-bond donors (Lipinski definition) is 1. The fraction of sp³-hybridized carbons (Fsp3) is 0.111. The molecule has 3 aromatic rings. The van der Waals surface area contributed by atoms with Crippen LogP contribution in [0.15, 0.2) is 111 Å². The summed E-state index contributed by atoms with van der Waals surface area (Å²) in [5.41, 5.74) is 2.94. The molecule has 0 bridgehead atoms. The molecule has 5 nitrogen and oxygen atoms in total. The van der Waals surface area contributed by atoms with Crippen molar-refractivity contribution in [1.82, 2.24) is 0 Å². The van der Waals surface area contributed by atoms with Crippen LogP contribution in [0.1, 0.15) is 16.7 Å². The van der Waals surface area contributed by atoms with Crippen LogP contribution in [0.5, 0.6) is 17.2 Å². The predicted molar refractivity (Wildman–Crippen MR) is 133 cm³/mol. The van der Waals surface area contributed by atoms with Crippen molar-refractivity contribution >= 4 is 10.4 Å². The quantitative estimate of drug-likeness (QED) is 0.273. The minimum absolute atomic E-state index is 0.120. The molecular formula is C27H28O5S. The second kappa shape index (κ2) is 13.1. The Kier molecular flexibility index (Phi) is 10.1. The van der Waals surface area contributed by atoms with Crippen LogP contribution in [-0.2, 0) is 29.7 Å². The first-order chi connectivity index (χ1) is 15.9. The van der Waals surface area contributed by atoms with Crippen molar-refractivity contribution in [2.75, 3.05) is 0 Å². The topological polar surface area (TPSA) is 72.8 Å². The Hall–Kier alpha value is -3.61. The Labute approximate surface area is 196 Å². The van der Waals surface area contributed by atoms with Gasteiger partial charge in [-0.25, -0.2) is 0 Å². The van der Waals surface area contributed by atoms with E-state index in [9.17, 15) is 8.42 Å². The average Bonchev–Trinajstić information content (AvgIpc) is 2.78. The third kappa shape index (κ3) is 8.80. The molecule has 3 rings (SSSR count). The molecule has 0 aliphatic carbocycles. The predicted octanol–water partition coefficient (Wildman–Crippen LogP) is 6.53. The standard InChI is InChI=1S/C18H18O.C9H10O4S/c1-3-9-15-11-5-7-13-17(15)19-18-14-8-6-12-16(18)10-4-2;1-2-5-8-6-3-4-7-9(8)13-14(10,11)12/h3-8,11-14H,1-2,9-10H2;2-4,6-7H,1,5H2,(H,10,11,12). The smallest absolute Gasteiger partial charge is 0.446 e. The van der Waals surface area contributed by atoms with Crippen LogP contribution in [-0.4, -0.2) is 13.0 Å². The highest BCUT2D eigenvalue weighted by molar-refractivity contribution is 7.81. The number of para-hydroxylation sites is 3. The van der Waals surface area contributed by atoms with Gasteiger partial charge in [0.1, 0.15) is 17.2 Å². The van der Waals surface area contributed by atoms with Crippen molar-refractivity contribution in [1.29, 1.82) is 0 Å². The van der Waals surface area contributed by atoms with E-state index in [2.05, 4.69) is 36.1 Å². The van der Waals surface area contributed by atoms with Crippen molar-refractivity contribution in [3.05, 3.63) is 127 Å². The Bertz CT molecular complexity index is 1130. The van der Waals surface area contributed by atoms with Crippen LogP contribution in [0.4, 0.5) is 0 Å². The highest BCUT2D eigenvalue weighted by Crippen LogP contribution is 2.29. The Morgan fingerprint density at radius 2 is 0.970 bits per heavy atom. The Balaban J connectivity index is 0.000000245. The molecule has 0 heterocycles. The molecule has 0 aliphatic heterocycles. The van der Waals surface area contributed by atoms with Gasteiger partial charge in [-0.2, -0.15) is 8.42 Å². The molecule has 0 saturated carbocycles. The van der Waals surface area contributed by atoms with E-state index in [1.807, 2.05) is 48.6 Å². The van der Waals surface area contributed by atoms with Crippen LogP contribution in [0, 0.1) is 0 Å². The number of hydrogen-bond acceptors (Lipinski definition) is 4. The lowest BCUT2D eigenvalue weighted by Gasteiger charge is -2.12. The second-order valence-electron chi connectivity index (χ2n) is 6.91. The summed E-state index contributed by atoms with van der Waals surface area (Å²) in [5, 5.41) is 0. The van der Waals surface area contributed by atoms with E-state index in [1.165, 1.54) is 6.07 Å². The highest BCUT2D eigenvalue weighted by Gasteiger charge is 2.10. The molecule has 0 spiro atoms. The van der Waals surface area contributed by atoms with Crippen LogP contribution in [0.2, 0.25) is 0 Å². The van der Waals surface area contributed by atoms with Crippen LogP contribution in [0.3, 0.4) is 0 Å². The lowest BCUT2D eigenvalue weighted by atomic mass is 10.1. The van der Waals surface area contributed by atoms with Crippen molar-refractivity contribution in [2.45, 2.75) is 19.3 Å². The van der Waals surface area contributed by atoms with Gasteiger partial charge in [-0.05, 0) is 54.2 Å². The van der Waals surface area contributed by atoms with Gasteiger partial charge in [-0.3, -0.25) is 4.55 Å². The summed E-state index contributed by atoms with van der Waals surface area (Å²) in [6.45, 7) is 11.1. The molecular weight excluding hydrogens is 436 g/mol. The lowest BCUT2D eigenvalue weighted by Crippen LogP contribution is -2.08. The minimum atomic E-state index is -4.45. The number of benzene rings is 3. The molecule has 1 N–H and O–H groups in total. The van der Waals surface area contributed by atoms with Gasteiger partial charge < -0.3 is 8.92 Å². The molecule has 6 heteroatoms. The van der Waals surface area contributed by atoms with Crippen LogP contribution >= 0.6 is 0 Å². The van der Waals surface area contributed by atoms with E-state index in [0.717, 1.165) is 35.5 Å². The molecule has 0 saturated heterocycles. The number of ether oxygens (including phenoxy) is 1. The van der Waals surface area contributed by atoms with E-state index in [4.69, 9.17) is 9.29 Å². The van der Waals surface area contributed by atoms with E-state index >= 15 is 0 Å². The van der Waals surface area contributed by atoms with E-state index in [0.29, 0.717) is 12.0 Å². The molecule has 0 radical (unpaired) electrons. The van der Waals surface area contributed by atoms with Gasteiger partial charge >= 0.3 is 10.4 Å². The molecule has 0 aliphatic rings. The summed E-state index contributed by atoms with van der Waals surface area (Å²) in [6, 6.07) is 22.6. The summed E-state index contributed by atoms with van der Waals surface area (Å²) in [4.78, 5) is 0. The number of allylic oxidation sites excluding steroid dienone is 3. The van der Waals surface area contributed by atoms with Gasteiger partial charge in [0.25, 0.3) is 0 Å². The lowest BCUT2D eigenvalue weighted by molar-refractivity contribution is 0.385. The summed E-state index contributed by atoms with van der Waals surface area (Å²) in [5.74, 6) is 1.90. The van der Waals surface area contributed by atoms with E-state index < -0.39 is 10.4 Å². The maximum absolute atomic E-state index is 10.5. The summed E-state index contributed by atoms with van der Waals surface area (Å²) in [6.07, 6.45) is 7.48. The number of rotatable bonds is 10. The van der Waals surface area contributed by atoms with Gasteiger partial charge in [-0.1, -0.05) is 72.8 Å². The SMILES string of the molecule is C=CCc1ccccc1OS(=O)(=O)O.C=CCc1ccccc1Oc1ccccc1CC=C. The first kappa shape index (κ1) is 25.6. The van der Waals surface area contributed by atoms with Crippen LogP contribution < -0.4 is 8.92 Å². The van der Waals surface area contributed by atoms with Crippen molar-refractivity contribution in [3.63, 3.8) is 0 Å². The summed E-state index contributed by atoms with van der Waals surface area (Å²) in [7, 11) is -4.45. The maximum Gasteiger partial charge on any atom is 0.446 e. The molecule has 172 valence electrons. The molecule has 0 fully saturated rings. The zero-order valence-corrected chi connectivity index (χ0v) is 19.2. The summed E-state index contributed by atoms with van der Waals surface area (Å²) >= 11 is 0. The van der Waals surface area contributed by atoms with Crippen molar-refractivity contribution < 1.29 is 21.9 Å². The third-order valence-electron chi connectivity index (χ3n) is 4.43. The average molecular weight is 465 g/mol. The van der Waals surface area contributed by atoms with E-state index in [1.54, 1.807) is 24.3 Å². The normalized spacial score (nSPS) is 10.3. The van der Waals surface area contributed by atoms with E-state index in [-0.39, 0.29) is 5.75 Å². The Morgan fingerprint density at radius 3 is 1.33 bits per heavy atom. The fourth-order valence-corrected chi connectivity index (χ4v) is 3.39. The first-order valence-corrected chi connectivity index (χ1v) is 11.7. The zero-order valence-electron chi connectivity index (χ0n) is 18.4. The molecule has 0 unspecified atom stereocenters. The van der Waals surface area contributed by atoms with Gasteiger partial charge in [0.05, 0.1) is 0 Å². The highest BCUT2D eigenvalue weighted by atomic mass is 32.3. The van der Waals surface area contributed by atoms with Crippen LogP contribution in [0.25, 0.3) is 0 Å². The molecule has 0 aromatic heterocycles. The second-order valence-corrected chi connectivity index (χ2v) is 7.94. The van der Waals surface area contributed by atoms with Crippen molar-refractivity contribution in [3.8, 4) is 17.2 Å². The third-order valence-corrected chi connectivity index (χ3v) is 4.82.